The average molecular weight is 356 g/mol. The Morgan fingerprint density at radius 1 is 1.32 bits per heavy atom. The number of amides is 1. The van der Waals surface area contributed by atoms with Gasteiger partial charge in [0.2, 0.25) is 5.91 Å². The summed E-state index contributed by atoms with van der Waals surface area (Å²) in [7, 11) is 0. The summed E-state index contributed by atoms with van der Waals surface area (Å²) >= 11 is 1.53. The molecule has 0 radical (unpaired) electrons. The van der Waals surface area contributed by atoms with E-state index in [9.17, 15) is 4.79 Å². The molecular formula is C19H24N4OS. The van der Waals surface area contributed by atoms with Crippen LogP contribution >= 0.6 is 11.8 Å². The van der Waals surface area contributed by atoms with Crippen molar-refractivity contribution in [3.63, 3.8) is 0 Å². The van der Waals surface area contributed by atoms with Crippen molar-refractivity contribution in [3.05, 3.63) is 35.7 Å². The number of anilines is 1. The largest absolute Gasteiger partial charge is 0.308 e. The van der Waals surface area contributed by atoms with Gasteiger partial charge in [-0.1, -0.05) is 30.0 Å². The first-order valence-corrected chi connectivity index (χ1v) is 9.98. The average Bonchev–Trinajstić information content (AvgIpc) is 3.28. The van der Waals surface area contributed by atoms with Crippen LogP contribution < -0.4 is 4.90 Å². The topological polar surface area (TPSA) is 51.0 Å². The number of hydrogen-bond acceptors (Lipinski definition) is 4. The van der Waals surface area contributed by atoms with Crippen molar-refractivity contribution in [1.29, 1.82) is 0 Å². The van der Waals surface area contributed by atoms with E-state index in [0.717, 1.165) is 29.6 Å². The molecule has 4 rings (SSSR count). The standard InChI is InChI=1S/C19H24N4OS/c1-4-22-17(14-9-10-14)20-21-19(22)25-13(3)18(24)23-12(2)11-15-7-5-6-8-16(15)23/h5-8,12-14H,4,9-11H2,1-3H3/t12-,13-/m0/s1. The van der Waals surface area contributed by atoms with Crippen LogP contribution in [0.3, 0.4) is 0 Å². The second kappa shape index (κ2) is 6.48. The van der Waals surface area contributed by atoms with Gasteiger partial charge in [-0.3, -0.25) is 4.79 Å². The molecule has 1 aromatic carbocycles. The van der Waals surface area contributed by atoms with E-state index in [0.29, 0.717) is 5.92 Å². The second-order valence-corrected chi connectivity index (χ2v) is 8.32. The summed E-state index contributed by atoms with van der Waals surface area (Å²) in [6.45, 7) is 7.07. The highest BCUT2D eigenvalue weighted by molar-refractivity contribution is 8.00. The van der Waals surface area contributed by atoms with Crippen molar-refractivity contribution in [2.75, 3.05) is 4.90 Å². The quantitative estimate of drug-likeness (QED) is 0.768. The van der Waals surface area contributed by atoms with Crippen LogP contribution in [0.4, 0.5) is 5.69 Å². The van der Waals surface area contributed by atoms with E-state index >= 15 is 0 Å². The predicted molar refractivity (Wildman–Crippen MR) is 100 cm³/mol. The molecule has 2 heterocycles. The van der Waals surface area contributed by atoms with E-state index < -0.39 is 0 Å². The lowest BCUT2D eigenvalue weighted by Crippen LogP contribution is -2.40. The first-order chi connectivity index (χ1) is 12.1. The van der Waals surface area contributed by atoms with Gasteiger partial charge in [0.25, 0.3) is 0 Å². The van der Waals surface area contributed by atoms with E-state index in [-0.39, 0.29) is 17.2 Å². The lowest BCUT2D eigenvalue weighted by atomic mass is 10.1. The summed E-state index contributed by atoms with van der Waals surface area (Å²) in [6, 6.07) is 8.42. The van der Waals surface area contributed by atoms with E-state index in [1.165, 1.54) is 30.2 Å². The molecule has 6 heteroatoms. The second-order valence-electron chi connectivity index (χ2n) is 7.01. The highest BCUT2D eigenvalue weighted by Crippen LogP contribution is 2.40. The monoisotopic (exact) mass is 356 g/mol. The maximum Gasteiger partial charge on any atom is 0.240 e. The molecule has 25 heavy (non-hydrogen) atoms. The highest BCUT2D eigenvalue weighted by Gasteiger charge is 2.35. The zero-order valence-corrected chi connectivity index (χ0v) is 15.8. The third-order valence-electron chi connectivity index (χ3n) is 5.08. The zero-order valence-electron chi connectivity index (χ0n) is 15.0. The smallest absolute Gasteiger partial charge is 0.240 e. The maximum absolute atomic E-state index is 13.1. The van der Waals surface area contributed by atoms with Crippen LogP contribution in [-0.2, 0) is 17.8 Å². The molecule has 1 aromatic heterocycles. The van der Waals surface area contributed by atoms with Gasteiger partial charge in [0.05, 0.1) is 5.25 Å². The lowest BCUT2D eigenvalue weighted by Gasteiger charge is -2.25. The third-order valence-corrected chi connectivity index (χ3v) is 6.15. The number of nitrogens with zero attached hydrogens (tertiary/aromatic N) is 4. The minimum Gasteiger partial charge on any atom is -0.308 e. The minimum atomic E-state index is -0.185. The van der Waals surface area contributed by atoms with Gasteiger partial charge >= 0.3 is 0 Å². The minimum absolute atomic E-state index is 0.154. The summed E-state index contributed by atoms with van der Waals surface area (Å²) < 4.78 is 2.17. The molecule has 0 bridgehead atoms. The van der Waals surface area contributed by atoms with Crippen molar-refractivity contribution in [2.24, 2.45) is 0 Å². The Labute approximate surface area is 152 Å². The molecule has 1 amide bonds. The SMILES string of the molecule is CCn1c(S[C@@H](C)C(=O)N2c3ccccc3C[C@@H]2C)nnc1C1CC1. The first kappa shape index (κ1) is 16.6. The van der Waals surface area contributed by atoms with E-state index in [1.807, 2.05) is 30.0 Å². The van der Waals surface area contributed by atoms with Crippen molar-refractivity contribution in [2.45, 2.75) is 68.9 Å². The Bertz CT molecular complexity index is 798. The molecule has 132 valence electrons. The van der Waals surface area contributed by atoms with Gasteiger partial charge in [-0.25, -0.2) is 0 Å². The van der Waals surface area contributed by atoms with Gasteiger partial charge in [0, 0.05) is 24.2 Å². The number of benzene rings is 1. The van der Waals surface area contributed by atoms with Crippen molar-refractivity contribution < 1.29 is 4.79 Å². The van der Waals surface area contributed by atoms with Crippen LogP contribution in [0.25, 0.3) is 0 Å². The Hall–Kier alpha value is -1.82. The maximum atomic E-state index is 13.1. The first-order valence-electron chi connectivity index (χ1n) is 9.10. The number of hydrogen-bond donors (Lipinski definition) is 0. The summed E-state index contributed by atoms with van der Waals surface area (Å²) in [5.74, 6) is 1.81. The molecule has 0 saturated heterocycles. The van der Waals surface area contributed by atoms with E-state index in [1.54, 1.807) is 0 Å². The number of carbonyl (C=O) groups excluding carboxylic acids is 1. The molecule has 1 aliphatic carbocycles. The molecule has 0 N–H and O–H groups in total. The molecule has 0 unspecified atom stereocenters. The molecule has 2 atom stereocenters. The Morgan fingerprint density at radius 2 is 2.08 bits per heavy atom. The zero-order chi connectivity index (χ0) is 17.6. The van der Waals surface area contributed by atoms with Gasteiger partial charge < -0.3 is 9.47 Å². The summed E-state index contributed by atoms with van der Waals surface area (Å²) in [6.07, 6.45) is 3.34. The van der Waals surface area contributed by atoms with Crippen molar-refractivity contribution >= 4 is 23.4 Å². The Kier molecular flexibility index (Phi) is 4.31. The van der Waals surface area contributed by atoms with E-state index in [4.69, 9.17) is 0 Å². The number of para-hydroxylation sites is 1. The van der Waals surface area contributed by atoms with Crippen molar-refractivity contribution in [1.82, 2.24) is 14.8 Å². The van der Waals surface area contributed by atoms with Crippen LogP contribution in [0.5, 0.6) is 0 Å². The van der Waals surface area contributed by atoms with Crippen LogP contribution in [0.15, 0.2) is 29.4 Å². The number of rotatable bonds is 5. The fraction of sp³-hybridized carbons (Fsp3) is 0.526. The summed E-state index contributed by atoms with van der Waals surface area (Å²) in [5, 5.41) is 9.42. The molecule has 0 spiro atoms. The van der Waals surface area contributed by atoms with Gasteiger partial charge in [-0.2, -0.15) is 0 Å². The molecule has 1 fully saturated rings. The summed E-state index contributed by atoms with van der Waals surface area (Å²) in [5.41, 5.74) is 2.32. The molecule has 5 nitrogen and oxygen atoms in total. The molecule has 2 aromatic rings. The van der Waals surface area contributed by atoms with E-state index in [2.05, 4.69) is 34.7 Å². The molecule has 1 saturated carbocycles. The van der Waals surface area contributed by atoms with Crippen LogP contribution in [-0.4, -0.2) is 32.0 Å². The fourth-order valence-electron chi connectivity index (χ4n) is 3.63. The number of thioether (sulfide) groups is 1. The van der Waals surface area contributed by atoms with Gasteiger partial charge in [0.15, 0.2) is 5.16 Å². The number of carbonyl (C=O) groups is 1. The Morgan fingerprint density at radius 3 is 2.80 bits per heavy atom. The lowest BCUT2D eigenvalue weighted by molar-refractivity contribution is -0.118. The fourth-order valence-corrected chi connectivity index (χ4v) is 4.60. The van der Waals surface area contributed by atoms with Gasteiger partial charge in [-0.15, -0.1) is 10.2 Å². The highest BCUT2D eigenvalue weighted by atomic mass is 32.2. The molecular weight excluding hydrogens is 332 g/mol. The van der Waals surface area contributed by atoms with Gasteiger partial charge in [0.1, 0.15) is 5.82 Å². The summed E-state index contributed by atoms with van der Waals surface area (Å²) in [4.78, 5) is 15.1. The number of fused-ring (bicyclic) bond motifs is 1. The third kappa shape index (κ3) is 2.97. The van der Waals surface area contributed by atoms with Crippen LogP contribution in [0, 0.1) is 0 Å². The van der Waals surface area contributed by atoms with Gasteiger partial charge in [-0.05, 0) is 51.7 Å². The molecule has 2 aliphatic rings. The molecule has 1 aliphatic heterocycles. The van der Waals surface area contributed by atoms with Crippen molar-refractivity contribution in [3.8, 4) is 0 Å². The normalized spacial score (nSPS) is 20.6. The van der Waals surface area contributed by atoms with Crippen LogP contribution in [0.2, 0.25) is 0 Å². The predicted octanol–water partition coefficient (Wildman–Crippen LogP) is 3.63. The number of aromatic nitrogens is 3. The van der Waals surface area contributed by atoms with Crippen LogP contribution in [0.1, 0.15) is 50.9 Å². The Balaban J connectivity index is 1.53.